The zero-order valence-corrected chi connectivity index (χ0v) is 13.0. The van der Waals surface area contributed by atoms with Gasteiger partial charge in [-0.05, 0) is 44.8 Å². The van der Waals surface area contributed by atoms with Crippen LogP contribution in [-0.2, 0) is 0 Å². The van der Waals surface area contributed by atoms with Gasteiger partial charge in [0.05, 0.1) is 6.04 Å². The van der Waals surface area contributed by atoms with E-state index in [0.717, 1.165) is 18.7 Å². The van der Waals surface area contributed by atoms with Crippen LogP contribution in [0.2, 0.25) is 0 Å². The lowest BCUT2D eigenvalue weighted by Gasteiger charge is -2.31. The molecule has 2 aromatic carbocycles. The van der Waals surface area contributed by atoms with Crippen molar-refractivity contribution in [1.82, 2.24) is 4.90 Å². The summed E-state index contributed by atoms with van der Waals surface area (Å²) >= 11 is 0. The van der Waals surface area contributed by atoms with Crippen molar-refractivity contribution in [2.75, 3.05) is 32.6 Å². The Balaban J connectivity index is 2.26. The zero-order valence-electron chi connectivity index (χ0n) is 13.0. The van der Waals surface area contributed by atoms with Crippen LogP contribution in [0, 0.1) is 0 Å². The number of hydrogen-bond acceptors (Lipinski definition) is 3. The first-order valence-corrected chi connectivity index (χ1v) is 7.29. The van der Waals surface area contributed by atoms with Gasteiger partial charge in [0, 0.05) is 18.8 Å². The molecule has 0 aromatic heterocycles. The van der Waals surface area contributed by atoms with Crippen molar-refractivity contribution < 1.29 is 5.11 Å². The van der Waals surface area contributed by atoms with Crippen LogP contribution in [0.15, 0.2) is 54.6 Å². The largest absolute Gasteiger partial charge is 0.508 e. The van der Waals surface area contributed by atoms with Gasteiger partial charge in [-0.15, -0.1) is 0 Å². The second-order valence-electron chi connectivity index (χ2n) is 5.65. The van der Waals surface area contributed by atoms with Crippen LogP contribution in [-0.4, -0.2) is 37.7 Å². The molecule has 0 saturated heterocycles. The van der Waals surface area contributed by atoms with E-state index in [9.17, 15) is 5.11 Å². The summed E-state index contributed by atoms with van der Waals surface area (Å²) in [5.74, 6) is 0.304. The Morgan fingerprint density at radius 3 is 2.29 bits per heavy atom. The highest BCUT2D eigenvalue weighted by atomic mass is 16.3. The first-order valence-electron chi connectivity index (χ1n) is 7.29. The summed E-state index contributed by atoms with van der Waals surface area (Å²) in [5.41, 5.74) is 2.33. The maximum Gasteiger partial charge on any atom is 0.117 e. The summed E-state index contributed by atoms with van der Waals surface area (Å²) in [6, 6.07) is 18.2. The number of rotatable bonds is 6. The Kier molecular flexibility index (Phi) is 5.23. The van der Waals surface area contributed by atoms with Crippen molar-refractivity contribution >= 4 is 5.69 Å². The van der Waals surface area contributed by atoms with E-state index in [4.69, 9.17) is 0 Å². The molecule has 3 nitrogen and oxygen atoms in total. The molecule has 1 atom stereocenters. The van der Waals surface area contributed by atoms with E-state index < -0.39 is 0 Å². The molecule has 2 rings (SSSR count). The van der Waals surface area contributed by atoms with Gasteiger partial charge in [-0.3, -0.25) is 0 Å². The highest BCUT2D eigenvalue weighted by Gasteiger charge is 2.17. The van der Waals surface area contributed by atoms with Crippen molar-refractivity contribution in [3.05, 3.63) is 60.2 Å². The topological polar surface area (TPSA) is 26.7 Å². The summed E-state index contributed by atoms with van der Waals surface area (Å²) in [4.78, 5) is 4.44. The first kappa shape index (κ1) is 15.4. The minimum atomic E-state index is 0.287. The number of hydrogen-bond donors (Lipinski definition) is 1. The van der Waals surface area contributed by atoms with Gasteiger partial charge in [-0.25, -0.2) is 0 Å². The molecule has 0 aliphatic heterocycles. The monoisotopic (exact) mass is 284 g/mol. The van der Waals surface area contributed by atoms with Crippen LogP contribution in [0.5, 0.6) is 5.75 Å². The van der Waals surface area contributed by atoms with Gasteiger partial charge in [-0.2, -0.15) is 0 Å². The highest BCUT2D eigenvalue weighted by Crippen LogP contribution is 2.30. The molecule has 0 bridgehead atoms. The fourth-order valence-corrected chi connectivity index (χ4v) is 2.53. The smallest absolute Gasteiger partial charge is 0.117 e. The zero-order chi connectivity index (χ0) is 15.2. The van der Waals surface area contributed by atoms with Gasteiger partial charge in [0.25, 0.3) is 0 Å². The summed E-state index contributed by atoms with van der Waals surface area (Å²) in [7, 11) is 6.27. The molecule has 0 aliphatic rings. The van der Waals surface area contributed by atoms with Gasteiger partial charge >= 0.3 is 0 Å². The average molecular weight is 284 g/mol. The molecule has 0 radical (unpaired) electrons. The van der Waals surface area contributed by atoms with Crippen molar-refractivity contribution in [2.24, 2.45) is 0 Å². The number of benzene rings is 2. The summed E-state index contributed by atoms with van der Waals surface area (Å²) < 4.78 is 0. The van der Waals surface area contributed by atoms with Gasteiger partial charge in [0.15, 0.2) is 0 Å². The Morgan fingerprint density at radius 2 is 1.67 bits per heavy atom. The molecule has 112 valence electrons. The maximum atomic E-state index is 9.70. The third-order valence-corrected chi connectivity index (χ3v) is 3.74. The predicted molar refractivity (Wildman–Crippen MR) is 88.9 cm³/mol. The third-order valence-electron chi connectivity index (χ3n) is 3.74. The molecule has 0 aliphatic carbocycles. The lowest BCUT2D eigenvalue weighted by Crippen LogP contribution is -2.27. The predicted octanol–water partition coefficient (Wildman–Crippen LogP) is 3.52. The molecule has 0 fully saturated rings. The van der Waals surface area contributed by atoms with E-state index in [1.165, 1.54) is 5.56 Å². The Morgan fingerprint density at radius 1 is 0.952 bits per heavy atom. The van der Waals surface area contributed by atoms with E-state index in [-0.39, 0.29) is 6.04 Å². The van der Waals surface area contributed by atoms with Crippen LogP contribution < -0.4 is 4.90 Å². The summed E-state index contributed by atoms with van der Waals surface area (Å²) in [5, 5.41) is 9.70. The Hall–Kier alpha value is -2.00. The maximum absolute atomic E-state index is 9.70. The molecular weight excluding hydrogens is 260 g/mol. The second kappa shape index (κ2) is 7.14. The normalized spacial score (nSPS) is 12.4. The number of phenolic OH excluding ortho intramolecular Hbond substituents is 1. The fraction of sp³-hybridized carbons (Fsp3) is 0.333. The van der Waals surface area contributed by atoms with Gasteiger partial charge in [0.2, 0.25) is 0 Å². The van der Waals surface area contributed by atoms with E-state index in [1.807, 2.05) is 24.3 Å². The third kappa shape index (κ3) is 4.23. The second-order valence-corrected chi connectivity index (χ2v) is 5.65. The van der Waals surface area contributed by atoms with Crippen molar-refractivity contribution in [2.45, 2.75) is 12.5 Å². The van der Waals surface area contributed by atoms with E-state index >= 15 is 0 Å². The standard InChI is InChI=1S/C18H24N2O/c1-19(2)13-12-18(15-8-5-4-6-9-15)20(3)16-10-7-11-17(21)14-16/h4-11,14,18,21H,12-13H2,1-3H3. The summed E-state index contributed by atoms with van der Waals surface area (Å²) in [6.45, 7) is 1.02. The van der Waals surface area contributed by atoms with Crippen molar-refractivity contribution in [3.8, 4) is 5.75 Å². The van der Waals surface area contributed by atoms with Crippen LogP contribution in [0.4, 0.5) is 5.69 Å². The van der Waals surface area contributed by atoms with Crippen LogP contribution >= 0.6 is 0 Å². The minimum Gasteiger partial charge on any atom is -0.508 e. The molecular formula is C18H24N2O. The lowest BCUT2D eigenvalue weighted by atomic mass is 10.0. The number of nitrogens with zero attached hydrogens (tertiary/aromatic N) is 2. The number of phenols is 1. The fourth-order valence-electron chi connectivity index (χ4n) is 2.53. The minimum absolute atomic E-state index is 0.287. The molecule has 1 unspecified atom stereocenters. The number of aromatic hydroxyl groups is 1. The Bertz CT molecular complexity index is 554. The molecule has 1 N–H and O–H groups in total. The van der Waals surface area contributed by atoms with Crippen molar-refractivity contribution in [3.63, 3.8) is 0 Å². The number of anilines is 1. The van der Waals surface area contributed by atoms with Crippen LogP contribution in [0.3, 0.4) is 0 Å². The Labute approximate surface area is 127 Å². The van der Waals surface area contributed by atoms with E-state index in [2.05, 4.69) is 55.2 Å². The quantitative estimate of drug-likeness (QED) is 0.879. The lowest BCUT2D eigenvalue weighted by molar-refractivity contribution is 0.379. The van der Waals surface area contributed by atoms with Gasteiger partial charge < -0.3 is 14.9 Å². The first-order chi connectivity index (χ1) is 10.1. The molecule has 2 aromatic rings. The SMILES string of the molecule is CN(C)CCC(c1ccccc1)N(C)c1cccc(O)c1. The molecule has 21 heavy (non-hydrogen) atoms. The average Bonchev–Trinajstić information content (AvgIpc) is 2.48. The van der Waals surface area contributed by atoms with E-state index in [1.54, 1.807) is 6.07 Å². The van der Waals surface area contributed by atoms with Gasteiger partial charge in [-0.1, -0.05) is 36.4 Å². The van der Waals surface area contributed by atoms with Gasteiger partial charge in [0.1, 0.15) is 5.75 Å². The molecule has 0 spiro atoms. The molecule has 0 heterocycles. The van der Waals surface area contributed by atoms with Crippen molar-refractivity contribution in [1.29, 1.82) is 0 Å². The van der Waals surface area contributed by atoms with Crippen LogP contribution in [0.25, 0.3) is 0 Å². The van der Waals surface area contributed by atoms with E-state index in [0.29, 0.717) is 5.75 Å². The molecule has 0 saturated carbocycles. The molecule has 0 amide bonds. The molecule has 3 heteroatoms. The highest BCUT2D eigenvalue weighted by molar-refractivity contribution is 5.51. The van der Waals surface area contributed by atoms with Crippen LogP contribution in [0.1, 0.15) is 18.0 Å². The summed E-state index contributed by atoms with van der Waals surface area (Å²) in [6.07, 6.45) is 1.03.